The van der Waals surface area contributed by atoms with E-state index in [1.165, 1.54) is 11.0 Å². The molecule has 0 unspecified atom stereocenters. The number of hydrogen-bond acceptors (Lipinski definition) is 4. The van der Waals surface area contributed by atoms with Crippen LogP contribution in [0.4, 0.5) is 10.1 Å². The Morgan fingerprint density at radius 1 is 1.03 bits per heavy atom. The van der Waals surface area contributed by atoms with Gasteiger partial charge in [-0.1, -0.05) is 57.0 Å². The predicted octanol–water partition coefficient (Wildman–Crippen LogP) is 4.19. The van der Waals surface area contributed by atoms with Crippen molar-refractivity contribution in [1.82, 2.24) is 10.2 Å². The van der Waals surface area contributed by atoms with Crippen molar-refractivity contribution in [2.45, 2.75) is 71.0 Å². The molecule has 0 bridgehead atoms. The number of sulfonamides is 1. The quantitative estimate of drug-likeness (QED) is 0.512. The van der Waals surface area contributed by atoms with E-state index >= 15 is 0 Å². The van der Waals surface area contributed by atoms with Crippen molar-refractivity contribution in [2.24, 2.45) is 0 Å². The van der Waals surface area contributed by atoms with Crippen LogP contribution in [0.2, 0.25) is 0 Å². The summed E-state index contributed by atoms with van der Waals surface area (Å²) in [4.78, 5) is 27.9. The van der Waals surface area contributed by atoms with Crippen LogP contribution in [0.1, 0.15) is 63.5 Å². The summed E-state index contributed by atoms with van der Waals surface area (Å²) >= 11 is 0. The van der Waals surface area contributed by atoms with Gasteiger partial charge in [0.05, 0.1) is 11.9 Å². The van der Waals surface area contributed by atoms with Gasteiger partial charge >= 0.3 is 0 Å². The van der Waals surface area contributed by atoms with Crippen LogP contribution >= 0.6 is 0 Å². The number of carbonyl (C=O) groups excluding carboxylic acids is 2. The van der Waals surface area contributed by atoms with E-state index in [2.05, 4.69) is 5.32 Å². The number of nitrogens with one attached hydrogen (secondary N) is 1. The lowest BCUT2D eigenvalue weighted by Crippen LogP contribution is -2.52. The molecule has 0 saturated heterocycles. The van der Waals surface area contributed by atoms with E-state index < -0.39 is 34.3 Å². The van der Waals surface area contributed by atoms with Gasteiger partial charge in [-0.15, -0.1) is 0 Å². The molecule has 1 aliphatic carbocycles. The van der Waals surface area contributed by atoms with E-state index in [1.54, 1.807) is 37.3 Å². The third-order valence-electron chi connectivity index (χ3n) is 6.69. The third-order valence-corrected chi connectivity index (χ3v) is 7.83. The molecule has 0 heterocycles. The van der Waals surface area contributed by atoms with Gasteiger partial charge in [-0.2, -0.15) is 0 Å². The Bertz CT molecular complexity index is 1160. The molecule has 3 rings (SSSR count). The van der Waals surface area contributed by atoms with E-state index in [0.29, 0.717) is 5.69 Å². The highest BCUT2D eigenvalue weighted by molar-refractivity contribution is 7.92. The molecule has 1 aliphatic rings. The Balaban J connectivity index is 1.88. The maximum absolute atomic E-state index is 14.5. The van der Waals surface area contributed by atoms with Gasteiger partial charge in [0.25, 0.3) is 0 Å². The molecular weight excluding hydrogens is 481 g/mol. The number of hydrogen-bond donors (Lipinski definition) is 1. The first-order chi connectivity index (χ1) is 17.0. The molecule has 196 valence electrons. The Kier molecular flexibility index (Phi) is 9.11. The maximum atomic E-state index is 14.5. The van der Waals surface area contributed by atoms with Crippen molar-refractivity contribution in [3.8, 4) is 0 Å². The highest BCUT2D eigenvalue weighted by atomic mass is 32.2. The number of nitrogens with zero attached hydrogens (tertiary/aromatic N) is 2. The van der Waals surface area contributed by atoms with Gasteiger partial charge in [0, 0.05) is 18.2 Å². The second-order valence-corrected chi connectivity index (χ2v) is 11.7. The first-order valence-corrected chi connectivity index (χ1v) is 14.2. The van der Waals surface area contributed by atoms with Crippen molar-refractivity contribution >= 4 is 27.5 Å². The fourth-order valence-corrected chi connectivity index (χ4v) is 5.27. The van der Waals surface area contributed by atoms with Gasteiger partial charge in [0.15, 0.2) is 0 Å². The second kappa shape index (κ2) is 11.9. The first kappa shape index (κ1) is 27.6. The fraction of sp³-hybridized carbons (Fsp3) is 0.481. The number of amides is 2. The van der Waals surface area contributed by atoms with Crippen LogP contribution in [0.5, 0.6) is 0 Å². The number of halogens is 1. The highest BCUT2D eigenvalue weighted by Gasteiger charge is 2.31. The van der Waals surface area contributed by atoms with Crippen LogP contribution < -0.4 is 9.62 Å². The summed E-state index contributed by atoms with van der Waals surface area (Å²) in [5, 5.41) is 2.99. The summed E-state index contributed by atoms with van der Waals surface area (Å²) in [7, 11) is -3.81. The van der Waals surface area contributed by atoms with Crippen molar-refractivity contribution < 1.29 is 22.4 Å². The molecular formula is C27H36FN3O4S. The fourth-order valence-electron chi connectivity index (χ4n) is 4.42. The number of benzene rings is 2. The molecule has 1 atom stereocenters. The zero-order valence-electron chi connectivity index (χ0n) is 21.4. The smallest absolute Gasteiger partial charge is 0.244 e. The SMILES string of the molecule is CC(C)c1ccc(N(CC(=O)N(Cc2ccccc2F)[C@H](C)C(=O)NC2CCCC2)S(C)(=O)=O)cc1. The molecule has 2 aromatic rings. The maximum Gasteiger partial charge on any atom is 0.244 e. The largest absolute Gasteiger partial charge is 0.352 e. The van der Waals surface area contributed by atoms with Crippen molar-refractivity contribution in [3.05, 3.63) is 65.5 Å². The zero-order chi connectivity index (χ0) is 26.5. The van der Waals surface area contributed by atoms with Gasteiger partial charge in [0.1, 0.15) is 18.4 Å². The predicted molar refractivity (Wildman–Crippen MR) is 140 cm³/mol. The Labute approximate surface area is 213 Å². The lowest BCUT2D eigenvalue weighted by molar-refractivity contribution is -0.139. The van der Waals surface area contributed by atoms with E-state index in [4.69, 9.17) is 0 Å². The summed E-state index contributed by atoms with van der Waals surface area (Å²) < 4.78 is 40.8. The number of rotatable bonds is 10. The normalized spacial score (nSPS) is 15.1. The van der Waals surface area contributed by atoms with Crippen LogP contribution in [0.3, 0.4) is 0 Å². The molecule has 36 heavy (non-hydrogen) atoms. The average Bonchev–Trinajstić information content (AvgIpc) is 3.34. The molecule has 7 nitrogen and oxygen atoms in total. The Morgan fingerprint density at radius 3 is 2.19 bits per heavy atom. The molecule has 1 N–H and O–H groups in total. The highest BCUT2D eigenvalue weighted by Crippen LogP contribution is 2.23. The minimum Gasteiger partial charge on any atom is -0.352 e. The van der Waals surface area contributed by atoms with Crippen LogP contribution in [-0.2, 0) is 26.2 Å². The van der Waals surface area contributed by atoms with Crippen molar-refractivity contribution in [2.75, 3.05) is 17.1 Å². The summed E-state index contributed by atoms with van der Waals surface area (Å²) in [5.41, 5.74) is 1.64. The Hall–Kier alpha value is -2.94. The van der Waals surface area contributed by atoms with E-state index in [0.717, 1.165) is 41.8 Å². The van der Waals surface area contributed by atoms with Crippen LogP contribution in [0.15, 0.2) is 48.5 Å². The number of carbonyl (C=O) groups is 2. The van der Waals surface area contributed by atoms with E-state index in [-0.39, 0.29) is 30.0 Å². The molecule has 0 aliphatic heterocycles. The van der Waals surface area contributed by atoms with Gasteiger partial charge in [-0.05, 0) is 49.4 Å². The molecule has 1 fully saturated rings. The zero-order valence-corrected chi connectivity index (χ0v) is 22.2. The Morgan fingerprint density at radius 2 is 1.64 bits per heavy atom. The molecule has 1 saturated carbocycles. The summed E-state index contributed by atoms with van der Waals surface area (Å²) in [6, 6.07) is 12.2. The van der Waals surface area contributed by atoms with Crippen molar-refractivity contribution in [3.63, 3.8) is 0 Å². The van der Waals surface area contributed by atoms with E-state index in [1.807, 2.05) is 26.0 Å². The molecule has 0 spiro atoms. The minimum atomic E-state index is -3.81. The van der Waals surface area contributed by atoms with Crippen LogP contribution in [0.25, 0.3) is 0 Å². The van der Waals surface area contributed by atoms with Crippen LogP contribution in [0, 0.1) is 5.82 Å². The monoisotopic (exact) mass is 517 g/mol. The number of anilines is 1. The van der Waals surface area contributed by atoms with Gasteiger partial charge in [-0.25, -0.2) is 12.8 Å². The van der Waals surface area contributed by atoms with Crippen LogP contribution in [-0.4, -0.2) is 50.0 Å². The standard InChI is InChI=1S/C27H36FN3O4S/c1-19(2)21-13-15-24(16-14-21)31(36(4,34)35)18-26(32)30(17-22-9-5-8-12-25(22)28)20(3)27(33)29-23-10-6-7-11-23/h5,8-9,12-16,19-20,23H,6-7,10-11,17-18H2,1-4H3,(H,29,33)/t20-/m1/s1. The molecule has 9 heteroatoms. The lowest BCUT2D eigenvalue weighted by atomic mass is 10.0. The first-order valence-electron chi connectivity index (χ1n) is 12.4. The van der Waals surface area contributed by atoms with Gasteiger partial charge < -0.3 is 10.2 Å². The summed E-state index contributed by atoms with van der Waals surface area (Å²) in [6.45, 7) is 4.99. The second-order valence-electron chi connectivity index (χ2n) is 9.79. The molecule has 0 radical (unpaired) electrons. The summed E-state index contributed by atoms with van der Waals surface area (Å²) in [5.74, 6) is -1.16. The van der Waals surface area contributed by atoms with Crippen molar-refractivity contribution in [1.29, 1.82) is 0 Å². The summed E-state index contributed by atoms with van der Waals surface area (Å²) in [6.07, 6.45) is 4.88. The third kappa shape index (κ3) is 7.06. The topological polar surface area (TPSA) is 86.8 Å². The van der Waals surface area contributed by atoms with E-state index in [9.17, 15) is 22.4 Å². The molecule has 0 aromatic heterocycles. The average molecular weight is 518 g/mol. The molecule has 2 amide bonds. The van der Waals surface area contributed by atoms with Gasteiger partial charge in [0.2, 0.25) is 21.8 Å². The minimum absolute atomic E-state index is 0.0531. The molecule has 2 aromatic carbocycles. The van der Waals surface area contributed by atoms with Gasteiger partial charge in [-0.3, -0.25) is 13.9 Å². The lowest BCUT2D eigenvalue weighted by Gasteiger charge is -2.32.